The first-order chi connectivity index (χ1) is 19.9. The Balaban J connectivity index is 1.65. The average molecular weight is 509 g/mol. The lowest BCUT2D eigenvalue weighted by Crippen LogP contribution is -1.93. The van der Waals surface area contributed by atoms with Crippen molar-refractivity contribution < 1.29 is 0 Å². The van der Waals surface area contributed by atoms with Gasteiger partial charge >= 0.3 is 0 Å². The molecule has 2 aromatic heterocycles. The summed E-state index contributed by atoms with van der Waals surface area (Å²) in [6.07, 6.45) is 7.54. The van der Waals surface area contributed by atoms with Crippen molar-refractivity contribution in [1.29, 1.82) is 0 Å². The third kappa shape index (κ3) is 3.50. The number of nitrogens with zero attached hydrogens (tertiary/aromatic N) is 2. The van der Waals surface area contributed by atoms with E-state index in [4.69, 9.17) is 0 Å². The van der Waals surface area contributed by atoms with Crippen LogP contribution in [0.15, 0.2) is 146 Å². The number of pyridine rings is 2. The van der Waals surface area contributed by atoms with Gasteiger partial charge in [-0.05, 0) is 119 Å². The maximum atomic E-state index is 4.33. The molecule has 2 nitrogen and oxygen atoms in total. The second kappa shape index (κ2) is 9.14. The van der Waals surface area contributed by atoms with Gasteiger partial charge in [-0.25, -0.2) is 0 Å². The Kier molecular flexibility index (Phi) is 5.17. The van der Waals surface area contributed by atoms with Gasteiger partial charge in [0.05, 0.1) is 0 Å². The highest BCUT2D eigenvalue weighted by Gasteiger charge is 2.19. The van der Waals surface area contributed by atoms with Crippen molar-refractivity contribution in [2.45, 2.75) is 0 Å². The number of rotatable bonds is 3. The normalized spacial score (nSPS) is 11.5. The minimum absolute atomic E-state index is 1.17. The van der Waals surface area contributed by atoms with Crippen LogP contribution in [0.4, 0.5) is 0 Å². The van der Waals surface area contributed by atoms with Crippen molar-refractivity contribution >= 4 is 43.1 Å². The Bertz CT molecular complexity index is 2190. The van der Waals surface area contributed by atoms with E-state index in [0.717, 1.165) is 0 Å². The highest BCUT2D eigenvalue weighted by Crippen LogP contribution is 2.46. The summed E-state index contributed by atoms with van der Waals surface area (Å²) in [5.74, 6) is 0. The molecule has 0 saturated carbocycles. The summed E-state index contributed by atoms with van der Waals surface area (Å²) >= 11 is 0. The van der Waals surface area contributed by atoms with E-state index in [1.165, 1.54) is 76.5 Å². The predicted octanol–water partition coefficient (Wildman–Crippen LogP) is 10.1. The molecule has 0 spiro atoms. The first kappa shape index (κ1) is 22.6. The molecule has 0 radical (unpaired) electrons. The maximum absolute atomic E-state index is 4.33. The monoisotopic (exact) mass is 508 g/mol. The molecule has 0 atom stereocenters. The smallest absolute Gasteiger partial charge is 0.0273 e. The van der Waals surface area contributed by atoms with E-state index >= 15 is 0 Å². The Morgan fingerprint density at radius 2 is 0.825 bits per heavy atom. The summed E-state index contributed by atoms with van der Waals surface area (Å²) in [5, 5.41) is 9.95. The highest BCUT2D eigenvalue weighted by atomic mass is 14.6. The van der Waals surface area contributed by atoms with Gasteiger partial charge in [0, 0.05) is 24.8 Å². The quantitative estimate of drug-likeness (QED) is 0.175. The minimum Gasteiger partial charge on any atom is -0.265 e. The van der Waals surface area contributed by atoms with Crippen LogP contribution < -0.4 is 0 Å². The molecule has 0 aliphatic carbocycles. The van der Waals surface area contributed by atoms with Gasteiger partial charge in [-0.1, -0.05) is 78.9 Å². The lowest BCUT2D eigenvalue weighted by atomic mass is 9.83. The zero-order valence-corrected chi connectivity index (χ0v) is 21.8. The first-order valence-electron chi connectivity index (χ1n) is 13.6. The zero-order valence-electron chi connectivity index (χ0n) is 21.8. The number of aromatic nitrogens is 2. The summed E-state index contributed by atoms with van der Waals surface area (Å²) in [6.45, 7) is 0. The van der Waals surface area contributed by atoms with Crippen molar-refractivity contribution in [3.8, 4) is 33.4 Å². The topological polar surface area (TPSA) is 25.8 Å². The predicted molar refractivity (Wildman–Crippen MR) is 168 cm³/mol. The molecule has 2 heteroatoms. The van der Waals surface area contributed by atoms with E-state index in [1.54, 1.807) is 0 Å². The Morgan fingerprint density at radius 1 is 0.325 bits per heavy atom. The van der Waals surface area contributed by atoms with Crippen LogP contribution in [-0.2, 0) is 0 Å². The van der Waals surface area contributed by atoms with E-state index in [0.29, 0.717) is 0 Å². The molecule has 0 unspecified atom stereocenters. The van der Waals surface area contributed by atoms with E-state index < -0.39 is 0 Å². The van der Waals surface area contributed by atoms with Gasteiger partial charge < -0.3 is 0 Å². The highest BCUT2D eigenvalue weighted by molar-refractivity contribution is 6.26. The van der Waals surface area contributed by atoms with Crippen LogP contribution in [0.25, 0.3) is 76.5 Å². The maximum Gasteiger partial charge on any atom is 0.0273 e. The van der Waals surface area contributed by atoms with Crippen LogP contribution in [0.5, 0.6) is 0 Å². The van der Waals surface area contributed by atoms with Crippen LogP contribution in [0.1, 0.15) is 0 Å². The number of fused-ring (bicyclic) bond motifs is 5. The summed E-state index contributed by atoms with van der Waals surface area (Å²) in [6, 6.07) is 43.9. The van der Waals surface area contributed by atoms with Gasteiger partial charge in [-0.2, -0.15) is 0 Å². The molecule has 0 N–H and O–H groups in total. The molecule has 6 aromatic carbocycles. The Labute approximate surface area is 232 Å². The largest absolute Gasteiger partial charge is 0.265 e. The van der Waals surface area contributed by atoms with E-state index in [9.17, 15) is 0 Å². The van der Waals surface area contributed by atoms with Crippen LogP contribution in [0, 0.1) is 0 Å². The molecule has 0 fully saturated rings. The Morgan fingerprint density at radius 3 is 1.43 bits per heavy atom. The molecule has 0 aliphatic heterocycles. The van der Waals surface area contributed by atoms with Gasteiger partial charge in [-0.3, -0.25) is 9.97 Å². The molecule has 8 aromatic rings. The lowest BCUT2D eigenvalue weighted by Gasteiger charge is -2.20. The lowest BCUT2D eigenvalue weighted by molar-refractivity contribution is 1.33. The number of hydrogen-bond acceptors (Lipinski definition) is 2. The second-order valence-electron chi connectivity index (χ2n) is 10.2. The average Bonchev–Trinajstić information content (AvgIpc) is 3.03. The van der Waals surface area contributed by atoms with E-state index in [-0.39, 0.29) is 0 Å². The molecule has 8 rings (SSSR count). The van der Waals surface area contributed by atoms with Crippen LogP contribution in [0.3, 0.4) is 0 Å². The summed E-state index contributed by atoms with van der Waals surface area (Å²) < 4.78 is 0. The molecule has 0 saturated heterocycles. The molecular weight excluding hydrogens is 484 g/mol. The van der Waals surface area contributed by atoms with E-state index in [2.05, 4.69) is 131 Å². The van der Waals surface area contributed by atoms with Crippen molar-refractivity contribution in [2.75, 3.05) is 0 Å². The zero-order chi connectivity index (χ0) is 26.5. The minimum atomic E-state index is 1.17. The van der Waals surface area contributed by atoms with Crippen LogP contribution in [-0.4, -0.2) is 9.97 Å². The molecule has 0 amide bonds. The standard InChI is InChI=1S/C38H24N2/c1-2-8-25(9-3-1)32-22-28-10-4-5-11-29(28)33-23-35-36(24-34(32)33)38(27-16-20-40-21-17-27)31-13-7-6-12-30(31)37(35)26-14-18-39-19-15-26/h1-24H. The fraction of sp³-hybridized carbons (Fsp3) is 0. The van der Waals surface area contributed by atoms with Crippen molar-refractivity contribution in [1.82, 2.24) is 9.97 Å². The molecule has 186 valence electrons. The van der Waals surface area contributed by atoms with Gasteiger partial charge in [0.2, 0.25) is 0 Å². The third-order valence-corrected chi connectivity index (χ3v) is 8.03. The number of hydrogen-bond donors (Lipinski definition) is 0. The van der Waals surface area contributed by atoms with Gasteiger partial charge in [-0.15, -0.1) is 0 Å². The SMILES string of the molecule is c1ccc(-c2cc3ccccc3c3cc4c(-c5ccncc5)c5ccccc5c(-c5ccncc5)c4cc23)cc1. The Hall–Kier alpha value is -5.34. The van der Waals surface area contributed by atoms with Gasteiger partial charge in [0.1, 0.15) is 0 Å². The van der Waals surface area contributed by atoms with Gasteiger partial charge in [0.15, 0.2) is 0 Å². The van der Waals surface area contributed by atoms with Crippen molar-refractivity contribution in [2.24, 2.45) is 0 Å². The first-order valence-corrected chi connectivity index (χ1v) is 13.6. The van der Waals surface area contributed by atoms with Crippen LogP contribution in [0.2, 0.25) is 0 Å². The van der Waals surface area contributed by atoms with Crippen molar-refractivity contribution in [3.63, 3.8) is 0 Å². The second-order valence-corrected chi connectivity index (χ2v) is 10.2. The fourth-order valence-electron chi connectivity index (χ4n) is 6.29. The van der Waals surface area contributed by atoms with Crippen molar-refractivity contribution in [3.05, 3.63) is 146 Å². The summed E-state index contributed by atoms with van der Waals surface area (Å²) in [4.78, 5) is 8.65. The molecule has 40 heavy (non-hydrogen) atoms. The third-order valence-electron chi connectivity index (χ3n) is 8.03. The van der Waals surface area contributed by atoms with Crippen LogP contribution >= 0.6 is 0 Å². The molecule has 2 heterocycles. The molecule has 0 aliphatic rings. The van der Waals surface area contributed by atoms with Gasteiger partial charge in [0.25, 0.3) is 0 Å². The number of benzene rings is 6. The fourth-order valence-corrected chi connectivity index (χ4v) is 6.29. The van der Waals surface area contributed by atoms with E-state index in [1.807, 2.05) is 24.8 Å². The molecule has 0 bridgehead atoms. The summed E-state index contributed by atoms with van der Waals surface area (Å²) in [7, 11) is 0. The molecular formula is C38H24N2. The summed E-state index contributed by atoms with van der Waals surface area (Å²) in [5.41, 5.74) is 7.27.